The van der Waals surface area contributed by atoms with Gasteiger partial charge in [0.05, 0.1) is 11.5 Å². The van der Waals surface area contributed by atoms with Gasteiger partial charge >= 0.3 is 0 Å². The summed E-state index contributed by atoms with van der Waals surface area (Å²) in [5.74, 6) is 0.752. The van der Waals surface area contributed by atoms with Crippen LogP contribution in [0.2, 0.25) is 0 Å². The molecule has 7 nitrogen and oxygen atoms in total. The van der Waals surface area contributed by atoms with Crippen LogP contribution in [-0.4, -0.2) is 37.2 Å². The Kier molecular flexibility index (Phi) is 13.1. The molecule has 0 amide bonds. The van der Waals surface area contributed by atoms with Gasteiger partial charge in [0, 0.05) is 38.4 Å². The zero-order chi connectivity index (χ0) is 16.9. The topological polar surface area (TPSA) is 88.8 Å². The van der Waals surface area contributed by atoms with Crippen molar-refractivity contribution in [2.45, 2.75) is 33.2 Å². The summed E-state index contributed by atoms with van der Waals surface area (Å²) in [6.45, 7) is 7.64. The van der Waals surface area contributed by atoms with Crippen LogP contribution in [0.25, 0.3) is 0 Å². The minimum absolute atomic E-state index is 0. The number of aliphatic imine (C=N–C) groups is 1. The van der Waals surface area contributed by atoms with E-state index in [1.165, 1.54) is 12.1 Å². The van der Waals surface area contributed by atoms with E-state index in [1.807, 2.05) is 13.8 Å². The van der Waals surface area contributed by atoms with E-state index in [9.17, 15) is 10.1 Å². The second kappa shape index (κ2) is 14.0. The van der Waals surface area contributed by atoms with Gasteiger partial charge in [-0.25, -0.2) is 4.99 Å². The first-order valence-electron chi connectivity index (χ1n) is 8.00. The summed E-state index contributed by atoms with van der Waals surface area (Å²) in [5, 5.41) is 17.1. The van der Waals surface area contributed by atoms with Crippen LogP contribution >= 0.6 is 24.0 Å². The van der Waals surface area contributed by atoms with E-state index in [4.69, 9.17) is 4.74 Å². The molecule has 8 heteroatoms. The molecule has 24 heavy (non-hydrogen) atoms. The molecule has 1 aromatic carbocycles. The molecule has 0 saturated carbocycles. The fourth-order valence-electron chi connectivity index (χ4n) is 1.92. The van der Waals surface area contributed by atoms with E-state index in [-0.39, 0.29) is 29.7 Å². The first-order valence-corrected chi connectivity index (χ1v) is 8.00. The Bertz CT molecular complexity index is 495. The Hall–Kier alpha value is -1.42. The van der Waals surface area contributed by atoms with Crippen LogP contribution in [0.4, 0.5) is 5.69 Å². The first kappa shape index (κ1) is 22.6. The van der Waals surface area contributed by atoms with Crippen LogP contribution in [0.15, 0.2) is 29.3 Å². The first-order chi connectivity index (χ1) is 11.2. The lowest BCUT2D eigenvalue weighted by Gasteiger charge is -2.11. The molecule has 1 rings (SSSR count). The van der Waals surface area contributed by atoms with Gasteiger partial charge in [-0.15, -0.1) is 24.0 Å². The van der Waals surface area contributed by atoms with Crippen molar-refractivity contribution in [3.63, 3.8) is 0 Å². The minimum atomic E-state index is -0.402. The summed E-state index contributed by atoms with van der Waals surface area (Å²) in [5.41, 5.74) is 1.03. The molecule has 0 radical (unpaired) electrons. The number of nitrogens with one attached hydrogen (secondary N) is 2. The highest BCUT2D eigenvalue weighted by Gasteiger charge is 2.04. The Labute approximate surface area is 160 Å². The normalized spacial score (nSPS) is 10.8. The van der Waals surface area contributed by atoms with Gasteiger partial charge in [0.25, 0.3) is 5.69 Å². The molecule has 1 aromatic rings. The van der Waals surface area contributed by atoms with E-state index in [1.54, 1.807) is 12.1 Å². The molecule has 0 atom stereocenters. The van der Waals surface area contributed by atoms with Gasteiger partial charge in [-0.3, -0.25) is 10.1 Å². The van der Waals surface area contributed by atoms with Crippen LogP contribution in [0.3, 0.4) is 0 Å². The Morgan fingerprint density at radius 2 is 1.92 bits per heavy atom. The van der Waals surface area contributed by atoms with E-state index in [0.29, 0.717) is 6.54 Å². The van der Waals surface area contributed by atoms with Crippen molar-refractivity contribution in [3.05, 3.63) is 39.9 Å². The maximum Gasteiger partial charge on any atom is 0.269 e. The average Bonchev–Trinajstić information content (AvgIpc) is 2.56. The summed E-state index contributed by atoms with van der Waals surface area (Å²) >= 11 is 0. The second-order valence-corrected chi connectivity index (χ2v) is 4.95. The van der Waals surface area contributed by atoms with Crippen LogP contribution in [0.1, 0.15) is 32.3 Å². The van der Waals surface area contributed by atoms with Gasteiger partial charge in [0.2, 0.25) is 0 Å². The van der Waals surface area contributed by atoms with Crippen molar-refractivity contribution in [1.29, 1.82) is 0 Å². The Morgan fingerprint density at radius 3 is 2.50 bits per heavy atom. The van der Waals surface area contributed by atoms with E-state index in [2.05, 4.69) is 15.6 Å². The van der Waals surface area contributed by atoms with E-state index < -0.39 is 4.92 Å². The number of hydrogen-bond donors (Lipinski definition) is 2. The predicted octanol–water partition coefficient (Wildman–Crippen LogP) is 3.08. The molecule has 0 unspecified atom stereocenters. The summed E-state index contributed by atoms with van der Waals surface area (Å²) in [7, 11) is 0. The smallest absolute Gasteiger partial charge is 0.269 e. The monoisotopic (exact) mass is 450 g/mol. The largest absolute Gasteiger partial charge is 0.382 e. The predicted molar refractivity (Wildman–Crippen MR) is 107 cm³/mol. The van der Waals surface area contributed by atoms with Crippen LogP contribution in [0.5, 0.6) is 0 Å². The molecule has 0 aliphatic carbocycles. The molecule has 0 spiro atoms. The number of guanidine groups is 1. The number of hydrogen-bond acceptors (Lipinski definition) is 4. The highest BCUT2D eigenvalue weighted by Crippen LogP contribution is 2.12. The van der Waals surface area contributed by atoms with Gasteiger partial charge < -0.3 is 15.4 Å². The molecule has 136 valence electrons. The lowest BCUT2D eigenvalue weighted by Crippen LogP contribution is -2.37. The van der Waals surface area contributed by atoms with Crippen molar-refractivity contribution in [1.82, 2.24) is 10.6 Å². The Balaban J connectivity index is 0.00000529. The van der Waals surface area contributed by atoms with Crippen molar-refractivity contribution in [2.24, 2.45) is 4.99 Å². The van der Waals surface area contributed by atoms with Crippen LogP contribution in [-0.2, 0) is 11.3 Å². The van der Waals surface area contributed by atoms with Crippen LogP contribution < -0.4 is 10.6 Å². The number of halogens is 1. The second-order valence-electron chi connectivity index (χ2n) is 4.95. The zero-order valence-electron chi connectivity index (χ0n) is 14.3. The third-order valence-corrected chi connectivity index (χ3v) is 3.12. The van der Waals surface area contributed by atoms with E-state index >= 15 is 0 Å². The maximum absolute atomic E-state index is 10.6. The third-order valence-electron chi connectivity index (χ3n) is 3.12. The van der Waals surface area contributed by atoms with Crippen molar-refractivity contribution >= 4 is 35.6 Å². The fourth-order valence-corrected chi connectivity index (χ4v) is 1.92. The van der Waals surface area contributed by atoms with Crippen molar-refractivity contribution in [3.8, 4) is 0 Å². The zero-order valence-corrected chi connectivity index (χ0v) is 16.6. The number of nitro benzene ring substituents is 1. The summed E-state index contributed by atoms with van der Waals surface area (Å²) in [6.07, 6.45) is 2.03. The highest BCUT2D eigenvalue weighted by molar-refractivity contribution is 14.0. The number of rotatable bonds is 10. The lowest BCUT2D eigenvalue weighted by molar-refractivity contribution is -0.384. The number of nitro groups is 1. The van der Waals surface area contributed by atoms with Gasteiger partial charge in [-0.2, -0.15) is 0 Å². The molecule has 0 fully saturated rings. The van der Waals surface area contributed by atoms with Crippen molar-refractivity contribution < 1.29 is 9.66 Å². The molecule has 0 bridgehead atoms. The molecular weight excluding hydrogens is 423 g/mol. The number of nitrogens with zero attached hydrogens (tertiary/aromatic N) is 2. The number of ether oxygens (including phenoxy) is 1. The minimum Gasteiger partial charge on any atom is -0.382 e. The van der Waals surface area contributed by atoms with Gasteiger partial charge in [-0.1, -0.05) is 12.1 Å². The third kappa shape index (κ3) is 9.66. The summed E-state index contributed by atoms with van der Waals surface area (Å²) in [6, 6.07) is 6.46. The molecule has 2 N–H and O–H groups in total. The van der Waals surface area contributed by atoms with Gasteiger partial charge in [-0.05, 0) is 32.3 Å². The number of non-ortho nitro benzene ring substituents is 1. The maximum atomic E-state index is 10.6. The fraction of sp³-hybridized carbons (Fsp3) is 0.562. The highest BCUT2D eigenvalue weighted by atomic mass is 127. The molecule has 0 heterocycles. The van der Waals surface area contributed by atoms with E-state index in [0.717, 1.165) is 50.7 Å². The van der Waals surface area contributed by atoms with Crippen LogP contribution in [0, 0.1) is 10.1 Å². The number of benzene rings is 1. The molecule has 0 aliphatic heterocycles. The molecule has 0 saturated heterocycles. The molecule has 0 aromatic heterocycles. The molecular formula is C16H27IN4O3. The standard InChI is InChI=1S/C16H26N4O3.HI/c1-3-17-16(18-11-5-6-12-23-4-2)19-13-14-7-9-15(10-8-14)20(21)22;/h7-10H,3-6,11-13H2,1-2H3,(H2,17,18,19);1H. The Morgan fingerprint density at radius 1 is 1.21 bits per heavy atom. The lowest BCUT2D eigenvalue weighted by atomic mass is 10.2. The average molecular weight is 450 g/mol. The molecule has 0 aliphatic rings. The summed E-state index contributed by atoms with van der Waals surface area (Å²) in [4.78, 5) is 14.7. The SMILES string of the molecule is CCNC(=NCc1ccc([N+](=O)[O-])cc1)NCCCCOCC.I. The van der Waals surface area contributed by atoms with Gasteiger partial charge in [0.15, 0.2) is 5.96 Å². The summed E-state index contributed by atoms with van der Waals surface area (Å²) < 4.78 is 5.30. The quantitative estimate of drug-likeness (QED) is 0.143. The van der Waals surface area contributed by atoms with Gasteiger partial charge in [0.1, 0.15) is 0 Å². The van der Waals surface area contributed by atoms with Crippen molar-refractivity contribution in [2.75, 3.05) is 26.3 Å². The number of unbranched alkanes of at least 4 members (excludes halogenated alkanes) is 1.